The molecule has 0 aliphatic rings. The van der Waals surface area contributed by atoms with E-state index >= 15 is 0 Å². The minimum atomic E-state index is 0. The molecule has 0 amide bonds. The van der Waals surface area contributed by atoms with Crippen LogP contribution in [0.15, 0.2) is 48.8 Å². The molecule has 0 saturated heterocycles. The number of halogens is 1. The van der Waals surface area contributed by atoms with E-state index < -0.39 is 0 Å². The summed E-state index contributed by atoms with van der Waals surface area (Å²) >= 11 is 0. The number of pyridine rings is 1. The lowest BCUT2D eigenvalue weighted by Gasteiger charge is -2.21. The van der Waals surface area contributed by atoms with Crippen LogP contribution in [0.25, 0.3) is 16.9 Å². The first-order valence-electron chi connectivity index (χ1n) is 11.1. The SMILES string of the molecule is CCCCN(CCCC)CCCOc1ccc(-c2cn3cccc(C)c3n2)cc1.Cl. The number of aryl methyl sites for hydroxylation is 1. The van der Waals surface area contributed by atoms with Crippen LogP contribution in [-0.2, 0) is 0 Å². The van der Waals surface area contributed by atoms with Crippen molar-refractivity contribution in [2.45, 2.75) is 52.9 Å². The van der Waals surface area contributed by atoms with Crippen LogP contribution in [0, 0.1) is 6.92 Å². The van der Waals surface area contributed by atoms with E-state index in [2.05, 4.69) is 72.7 Å². The molecule has 0 spiro atoms. The molecule has 0 radical (unpaired) electrons. The van der Waals surface area contributed by atoms with Crippen LogP contribution in [0.4, 0.5) is 0 Å². The fraction of sp³-hybridized carbons (Fsp3) is 0.480. The molecule has 0 N–H and O–H groups in total. The molecule has 3 rings (SSSR count). The van der Waals surface area contributed by atoms with E-state index in [1.54, 1.807) is 0 Å². The molecule has 30 heavy (non-hydrogen) atoms. The van der Waals surface area contributed by atoms with Crippen LogP contribution in [-0.4, -0.2) is 40.5 Å². The first-order valence-corrected chi connectivity index (χ1v) is 11.1. The third-order valence-corrected chi connectivity index (χ3v) is 5.37. The number of unbranched alkanes of at least 4 members (excludes halogenated alkanes) is 2. The van der Waals surface area contributed by atoms with Crippen molar-refractivity contribution in [3.05, 3.63) is 54.4 Å². The second-order valence-corrected chi connectivity index (χ2v) is 7.82. The molecule has 1 aromatic carbocycles. The molecule has 2 heterocycles. The van der Waals surface area contributed by atoms with Gasteiger partial charge in [-0.25, -0.2) is 4.98 Å². The van der Waals surface area contributed by atoms with Gasteiger partial charge in [0.1, 0.15) is 11.4 Å². The van der Waals surface area contributed by atoms with Gasteiger partial charge in [-0.05, 0) is 75.2 Å². The van der Waals surface area contributed by atoms with Gasteiger partial charge in [0.2, 0.25) is 0 Å². The highest BCUT2D eigenvalue weighted by Crippen LogP contribution is 2.23. The average Bonchev–Trinajstić information content (AvgIpc) is 3.19. The molecule has 0 aliphatic carbocycles. The lowest BCUT2D eigenvalue weighted by Crippen LogP contribution is -2.28. The number of imidazole rings is 1. The van der Waals surface area contributed by atoms with Crippen molar-refractivity contribution in [3.63, 3.8) is 0 Å². The first kappa shape index (κ1) is 24.2. The van der Waals surface area contributed by atoms with E-state index in [-0.39, 0.29) is 12.4 Å². The molecule has 4 nitrogen and oxygen atoms in total. The molecular weight excluding hydrogens is 394 g/mol. The maximum atomic E-state index is 5.98. The zero-order chi connectivity index (χ0) is 20.5. The van der Waals surface area contributed by atoms with Gasteiger partial charge in [-0.1, -0.05) is 32.8 Å². The lowest BCUT2D eigenvalue weighted by atomic mass is 10.1. The quantitative estimate of drug-likeness (QED) is 0.312. The van der Waals surface area contributed by atoms with Crippen molar-refractivity contribution in [3.8, 4) is 17.0 Å². The summed E-state index contributed by atoms with van der Waals surface area (Å²) in [5.41, 5.74) is 4.31. The molecular formula is C25H36ClN3O. The third kappa shape index (κ3) is 6.75. The van der Waals surface area contributed by atoms with Crippen molar-refractivity contribution in [1.29, 1.82) is 0 Å². The average molecular weight is 430 g/mol. The minimum absolute atomic E-state index is 0. The Hall–Kier alpha value is -2.04. The molecule has 5 heteroatoms. The molecule has 0 atom stereocenters. The monoisotopic (exact) mass is 429 g/mol. The highest BCUT2D eigenvalue weighted by Gasteiger charge is 2.07. The van der Waals surface area contributed by atoms with Gasteiger partial charge in [-0.3, -0.25) is 0 Å². The van der Waals surface area contributed by atoms with Gasteiger partial charge in [-0.15, -0.1) is 12.4 Å². The number of fused-ring (bicyclic) bond motifs is 1. The number of hydrogen-bond donors (Lipinski definition) is 0. The maximum Gasteiger partial charge on any atom is 0.140 e. The highest BCUT2D eigenvalue weighted by molar-refractivity contribution is 5.85. The number of benzene rings is 1. The molecule has 2 aromatic heterocycles. The number of aromatic nitrogens is 2. The van der Waals surface area contributed by atoms with E-state index in [1.807, 2.05) is 6.20 Å². The Morgan fingerprint density at radius 2 is 1.60 bits per heavy atom. The smallest absolute Gasteiger partial charge is 0.140 e. The lowest BCUT2D eigenvalue weighted by molar-refractivity contribution is 0.229. The Kier molecular flexibility index (Phi) is 10.2. The van der Waals surface area contributed by atoms with Crippen LogP contribution in [0.3, 0.4) is 0 Å². The zero-order valence-corrected chi connectivity index (χ0v) is 19.5. The van der Waals surface area contributed by atoms with Crippen molar-refractivity contribution in [2.75, 3.05) is 26.2 Å². The Morgan fingerprint density at radius 1 is 0.933 bits per heavy atom. The standard InChI is InChI=1S/C25H35N3O.ClH/c1-4-6-15-27(16-7-5-2)17-9-19-29-23-13-11-22(12-14-23)24-20-28-18-8-10-21(3)25(28)26-24;/h8,10-14,18,20H,4-7,9,15-17,19H2,1-3H3;1H. The predicted molar refractivity (Wildman–Crippen MR) is 129 cm³/mol. The van der Waals surface area contributed by atoms with E-state index in [0.717, 1.165) is 42.2 Å². The molecule has 0 saturated carbocycles. The molecule has 0 fully saturated rings. The van der Waals surface area contributed by atoms with Gasteiger partial charge in [0, 0.05) is 24.5 Å². The topological polar surface area (TPSA) is 29.8 Å². The Balaban J connectivity index is 0.00000320. The Labute approximate surface area is 187 Å². The van der Waals surface area contributed by atoms with Crippen molar-refractivity contribution in [1.82, 2.24) is 14.3 Å². The van der Waals surface area contributed by atoms with Crippen LogP contribution in [0.1, 0.15) is 51.5 Å². The van der Waals surface area contributed by atoms with E-state index in [9.17, 15) is 0 Å². The van der Waals surface area contributed by atoms with Gasteiger partial charge < -0.3 is 14.0 Å². The van der Waals surface area contributed by atoms with E-state index in [0.29, 0.717) is 0 Å². The Bertz CT molecular complexity index is 868. The second kappa shape index (κ2) is 12.6. The van der Waals surface area contributed by atoms with Crippen LogP contribution < -0.4 is 4.74 Å². The molecule has 0 bridgehead atoms. The molecule has 0 aliphatic heterocycles. The summed E-state index contributed by atoms with van der Waals surface area (Å²) in [6, 6.07) is 12.4. The van der Waals surface area contributed by atoms with E-state index in [4.69, 9.17) is 9.72 Å². The first-order chi connectivity index (χ1) is 14.2. The van der Waals surface area contributed by atoms with Gasteiger partial charge >= 0.3 is 0 Å². The summed E-state index contributed by atoms with van der Waals surface area (Å²) in [5, 5.41) is 0. The van der Waals surface area contributed by atoms with Crippen LogP contribution >= 0.6 is 12.4 Å². The van der Waals surface area contributed by atoms with Crippen molar-refractivity contribution >= 4 is 18.1 Å². The second-order valence-electron chi connectivity index (χ2n) is 7.82. The summed E-state index contributed by atoms with van der Waals surface area (Å²) in [5.74, 6) is 0.933. The summed E-state index contributed by atoms with van der Waals surface area (Å²) in [6.07, 6.45) is 10.3. The zero-order valence-electron chi connectivity index (χ0n) is 18.6. The van der Waals surface area contributed by atoms with E-state index in [1.165, 1.54) is 44.3 Å². The van der Waals surface area contributed by atoms with Gasteiger partial charge in [-0.2, -0.15) is 0 Å². The van der Waals surface area contributed by atoms with Crippen LogP contribution in [0.5, 0.6) is 5.75 Å². The van der Waals surface area contributed by atoms with Gasteiger partial charge in [0.15, 0.2) is 0 Å². The summed E-state index contributed by atoms with van der Waals surface area (Å²) < 4.78 is 8.06. The predicted octanol–water partition coefficient (Wildman–Crippen LogP) is 6.40. The highest BCUT2D eigenvalue weighted by atomic mass is 35.5. The number of ether oxygens (including phenoxy) is 1. The number of nitrogens with zero attached hydrogens (tertiary/aromatic N) is 3. The number of hydrogen-bond acceptors (Lipinski definition) is 3. The summed E-state index contributed by atoms with van der Waals surface area (Å²) in [7, 11) is 0. The normalized spacial score (nSPS) is 11.1. The molecule has 3 aromatic rings. The van der Waals surface area contributed by atoms with Gasteiger partial charge in [0.05, 0.1) is 12.3 Å². The van der Waals surface area contributed by atoms with Gasteiger partial charge in [0.25, 0.3) is 0 Å². The van der Waals surface area contributed by atoms with Crippen molar-refractivity contribution < 1.29 is 4.74 Å². The fourth-order valence-electron chi connectivity index (χ4n) is 3.59. The fourth-order valence-corrected chi connectivity index (χ4v) is 3.59. The van der Waals surface area contributed by atoms with Crippen LogP contribution in [0.2, 0.25) is 0 Å². The molecule has 0 unspecified atom stereocenters. The third-order valence-electron chi connectivity index (χ3n) is 5.37. The summed E-state index contributed by atoms with van der Waals surface area (Å²) in [4.78, 5) is 7.36. The molecule has 164 valence electrons. The minimum Gasteiger partial charge on any atom is -0.494 e. The van der Waals surface area contributed by atoms with Crippen molar-refractivity contribution in [2.24, 2.45) is 0 Å². The summed E-state index contributed by atoms with van der Waals surface area (Å²) in [6.45, 7) is 10.9. The maximum absolute atomic E-state index is 5.98. The largest absolute Gasteiger partial charge is 0.494 e. The Morgan fingerprint density at radius 3 is 2.23 bits per heavy atom. The number of rotatable bonds is 12.